The lowest BCUT2D eigenvalue weighted by Crippen LogP contribution is -2.65. The molecule has 0 saturated carbocycles. The van der Waals surface area contributed by atoms with Gasteiger partial charge in [0.15, 0.2) is 12.6 Å². The van der Waals surface area contributed by atoms with Crippen molar-refractivity contribution in [1.29, 1.82) is 0 Å². The van der Waals surface area contributed by atoms with Gasteiger partial charge < -0.3 is 65.1 Å². The molecule has 0 bridgehead atoms. The summed E-state index contributed by atoms with van der Waals surface area (Å²) in [6.07, 6.45) is 52.3. The Hall–Kier alpha value is -3.61. The van der Waals surface area contributed by atoms with Gasteiger partial charge in [-0.1, -0.05) is 193 Å². The van der Waals surface area contributed by atoms with Crippen molar-refractivity contribution in [1.82, 2.24) is 5.32 Å². The largest absolute Gasteiger partial charge is 0.394 e. The van der Waals surface area contributed by atoms with E-state index < -0.39 is 86.8 Å². The van der Waals surface area contributed by atoms with Crippen LogP contribution in [0.15, 0.2) is 122 Å². The fourth-order valence-electron chi connectivity index (χ4n) is 8.83. The SMILES string of the molecule is CC/C=C\C/C=C\C/C=C\C/C=C\C/C=C\C/C=C\C/C=C\CCCCCCCC(=O)NC(COC1OC(CO)C(OC2OC(CO)C(O)C(O)C2O)C(O)C1O)C(O)/C=C/CC/C=C/CC/C=C/CCCCCCCCC. The van der Waals surface area contributed by atoms with Crippen molar-refractivity contribution in [3.05, 3.63) is 122 Å². The van der Waals surface area contributed by atoms with Gasteiger partial charge >= 0.3 is 0 Å². The van der Waals surface area contributed by atoms with Crippen molar-refractivity contribution in [2.24, 2.45) is 0 Å². The van der Waals surface area contributed by atoms with E-state index in [0.29, 0.717) is 12.8 Å². The molecular formula is C64H105NO13. The van der Waals surface area contributed by atoms with Gasteiger partial charge in [0.2, 0.25) is 5.91 Å². The maximum Gasteiger partial charge on any atom is 0.220 e. The van der Waals surface area contributed by atoms with Gasteiger partial charge in [0.1, 0.15) is 48.8 Å². The number of ether oxygens (including phenoxy) is 4. The molecule has 0 radical (unpaired) electrons. The van der Waals surface area contributed by atoms with Crippen LogP contribution in [0.3, 0.4) is 0 Å². The Labute approximate surface area is 469 Å². The number of carbonyl (C=O) groups is 1. The third-order valence-electron chi connectivity index (χ3n) is 13.6. The number of unbranched alkanes of at least 4 members (excludes halogenated alkanes) is 14. The Morgan fingerprint density at radius 3 is 1.41 bits per heavy atom. The lowest BCUT2D eigenvalue weighted by molar-refractivity contribution is -0.359. The molecule has 0 aromatic rings. The molecule has 2 rings (SSSR count). The first-order chi connectivity index (χ1) is 38.1. The summed E-state index contributed by atoms with van der Waals surface area (Å²) in [4.78, 5) is 13.3. The average Bonchev–Trinajstić information content (AvgIpc) is 3.44. The average molecular weight is 1100 g/mol. The monoisotopic (exact) mass is 1100 g/mol. The smallest absolute Gasteiger partial charge is 0.220 e. The maximum absolute atomic E-state index is 13.3. The van der Waals surface area contributed by atoms with E-state index >= 15 is 0 Å². The van der Waals surface area contributed by atoms with Crippen molar-refractivity contribution < 1.29 is 64.6 Å². The zero-order valence-electron chi connectivity index (χ0n) is 47.6. The van der Waals surface area contributed by atoms with Crippen LogP contribution >= 0.6 is 0 Å². The number of hydrogen-bond acceptors (Lipinski definition) is 13. The second-order valence-corrected chi connectivity index (χ2v) is 20.4. The Morgan fingerprint density at radius 2 is 0.897 bits per heavy atom. The van der Waals surface area contributed by atoms with Crippen LogP contribution in [0.5, 0.6) is 0 Å². The summed E-state index contributed by atoms with van der Waals surface area (Å²) >= 11 is 0. The minimum atomic E-state index is -1.80. The second kappa shape index (κ2) is 48.1. The van der Waals surface area contributed by atoms with Crippen molar-refractivity contribution >= 4 is 5.91 Å². The molecule has 0 aromatic heterocycles. The lowest BCUT2D eigenvalue weighted by atomic mass is 9.97. The number of aliphatic hydroxyl groups is 8. The van der Waals surface area contributed by atoms with Gasteiger partial charge in [-0.25, -0.2) is 0 Å². The molecule has 78 heavy (non-hydrogen) atoms. The van der Waals surface area contributed by atoms with Gasteiger partial charge in [-0.15, -0.1) is 0 Å². The molecule has 0 aromatic carbocycles. The summed E-state index contributed by atoms with van der Waals surface area (Å²) < 4.78 is 22.7. The maximum atomic E-state index is 13.3. The molecule has 0 aliphatic carbocycles. The summed E-state index contributed by atoms with van der Waals surface area (Å²) in [5.74, 6) is -0.279. The molecule has 2 fully saturated rings. The summed E-state index contributed by atoms with van der Waals surface area (Å²) in [5.41, 5.74) is 0. The van der Waals surface area contributed by atoms with E-state index in [1.165, 1.54) is 44.9 Å². The first kappa shape index (κ1) is 70.5. The van der Waals surface area contributed by atoms with Gasteiger partial charge in [0, 0.05) is 6.42 Å². The highest BCUT2D eigenvalue weighted by Crippen LogP contribution is 2.30. The van der Waals surface area contributed by atoms with E-state index in [0.717, 1.165) is 103 Å². The summed E-state index contributed by atoms with van der Waals surface area (Å²) in [6, 6.07) is -0.958. The number of carbonyl (C=O) groups excluding carboxylic acids is 1. The molecule has 2 heterocycles. The van der Waals surface area contributed by atoms with Crippen LogP contribution in [-0.2, 0) is 23.7 Å². The predicted molar refractivity (Wildman–Crippen MR) is 313 cm³/mol. The van der Waals surface area contributed by atoms with Gasteiger partial charge in [0.05, 0.1) is 32.0 Å². The van der Waals surface area contributed by atoms with Crippen LogP contribution < -0.4 is 5.32 Å². The third kappa shape index (κ3) is 33.2. The molecule has 14 nitrogen and oxygen atoms in total. The minimum Gasteiger partial charge on any atom is -0.394 e. The molecule has 1 amide bonds. The van der Waals surface area contributed by atoms with Crippen LogP contribution in [-0.4, -0.2) is 140 Å². The molecule has 2 aliphatic rings. The fourth-order valence-corrected chi connectivity index (χ4v) is 8.83. The van der Waals surface area contributed by atoms with Gasteiger partial charge in [0.25, 0.3) is 0 Å². The van der Waals surface area contributed by atoms with Gasteiger partial charge in [-0.3, -0.25) is 4.79 Å². The number of allylic oxidation sites excluding steroid dienone is 19. The molecule has 2 saturated heterocycles. The van der Waals surface area contributed by atoms with E-state index in [4.69, 9.17) is 18.9 Å². The molecule has 14 heteroatoms. The van der Waals surface area contributed by atoms with Crippen molar-refractivity contribution in [3.63, 3.8) is 0 Å². The topological polar surface area (TPSA) is 228 Å². The molecule has 444 valence electrons. The summed E-state index contributed by atoms with van der Waals surface area (Å²) in [5, 5.41) is 87.0. The van der Waals surface area contributed by atoms with E-state index in [9.17, 15) is 45.6 Å². The lowest BCUT2D eigenvalue weighted by Gasteiger charge is -2.46. The Morgan fingerprint density at radius 1 is 0.474 bits per heavy atom. The number of hydrogen-bond donors (Lipinski definition) is 9. The highest BCUT2D eigenvalue weighted by atomic mass is 16.7. The van der Waals surface area contributed by atoms with E-state index in [1.807, 2.05) is 6.08 Å². The number of rotatable bonds is 45. The second-order valence-electron chi connectivity index (χ2n) is 20.4. The fraction of sp³-hybridized carbons (Fsp3) is 0.672. The summed E-state index contributed by atoms with van der Waals surface area (Å²) in [6.45, 7) is 2.61. The Bertz CT molecular complexity index is 1770. The standard InChI is InChI=1S/C64H105NO13/c1-3-5-7-9-11-13-15-17-19-21-22-23-24-25-26-27-28-29-30-32-34-36-38-40-42-44-46-48-56(69)65-52(53(68)47-45-43-41-39-37-35-33-31-20-18-16-14-12-10-8-6-4-2)51-75-63-61(74)59(72)62(55(50-67)77-63)78-64-60(73)58(71)57(70)54(49-66)76-64/h5,7,11,13,17,19-20,22-23,25-26,28-29,31-32,34,37,39,45,47,52-55,57-64,66-68,70-74H,3-4,6,8-10,12,14-16,18,21,24,27,30,33,35-36,38,40-44,46,48-51H2,1-2H3,(H,65,69)/b7-5-,13-11-,19-17-,23-22-,26-25-,29-28-,31-20+,34-32-,39-37+,47-45+. The van der Waals surface area contributed by atoms with Crippen molar-refractivity contribution in [3.8, 4) is 0 Å². The first-order valence-corrected chi connectivity index (χ1v) is 29.8. The highest BCUT2D eigenvalue weighted by Gasteiger charge is 2.51. The Balaban J connectivity index is 1.79. The van der Waals surface area contributed by atoms with E-state index in [1.54, 1.807) is 6.08 Å². The van der Waals surface area contributed by atoms with Crippen LogP contribution in [0.25, 0.3) is 0 Å². The Kier molecular flexibility index (Phi) is 43.5. The molecule has 12 unspecified atom stereocenters. The van der Waals surface area contributed by atoms with Crippen molar-refractivity contribution in [2.75, 3.05) is 19.8 Å². The van der Waals surface area contributed by atoms with E-state index in [-0.39, 0.29) is 18.9 Å². The number of amides is 1. The zero-order valence-corrected chi connectivity index (χ0v) is 47.6. The quantitative estimate of drug-likeness (QED) is 0.0205. The van der Waals surface area contributed by atoms with Crippen LogP contribution in [0.4, 0.5) is 0 Å². The number of nitrogens with one attached hydrogen (secondary N) is 1. The predicted octanol–water partition coefficient (Wildman–Crippen LogP) is 10.2. The molecule has 9 N–H and O–H groups in total. The molecule has 12 atom stereocenters. The van der Waals surface area contributed by atoms with Crippen LogP contribution in [0.2, 0.25) is 0 Å². The molecular weight excluding hydrogens is 991 g/mol. The normalized spacial score (nSPS) is 25.5. The van der Waals surface area contributed by atoms with Crippen molar-refractivity contribution in [2.45, 2.75) is 254 Å². The third-order valence-corrected chi connectivity index (χ3v) is 13.6. The zero-order chi connectivity index (χ0) is 56.7. The van der Waals surface area contributed by atoms with E-state index in [2.05, 4.69) is 129 Å². The molecule has 0 spiro atoms. The minimum absolute atomic E-state index is 0.239. The highest BCUT2D eigenvalue weighted by molar-refractivity contribution is 5.76. The molecule has 2 aliphatic heterocycles. The van der Waals surface area contributed by atoms with Crippen LogP contribution in [0.1, 0.15) is 181 Å². The van der Waals surface area contributed by atoms with Crippen LogP contribution in [0, 0.1) is 0 Å². The first-order valence-electron chi connectivity index (χ1n) is 29.8. The van der Waals surface area contributed by atoms with Gasteiger partial charge in [-0.05, 0) is 103 Å². The summed E-state index contributed by atoms with van der Waals surface area (Å²) in [7, 11) is 0. The van der Waals surface area contributed by atoms with Gasteiger partial charge in [-0.2, -0.15) is 0 Å². The number of aliphatic hydroxyl groups excluding tert-OH is 8.